The summed E-state index contributed by atoms with van der Waals surface area (Å²) in [6.07, 6.45) is 0. The average molecular weight is 346 g/mol. The second-order valence-corrected chi connectivity index (χ2v) is 8.58. The number of rotatable bonds is 3. The number of benzene rings is 1. The van der Waals surface area contributed by atoms with Crippen molar-refractivity contribution in [1.29, 1.82) is 0 Å². The smallest absolute Gasteiger partial charge is 0.181 e. The summed E-state index contributed by atoms with van der Waals surface area (Å²) in [7, 11) is 0. The van der Waals surface area contributed by atoms with Crippen molar-refractivity contribution in [2.75, 3.05) is 26.3 Å². The number of carbonyl (C=O) groups excluding carboxylic acids is 1. The monoisotopic (exact) mass is 346 g/mol. The fourth-order valence-corrected chi connectivity index (χ4v) is 2.79. The Hall–Kier alpha value is -1.88. The minimum atomic E-state index is -0.255. The van der Waals surface area contributed by atoms with Gasteiger partial charge < -0.3 is 15.2 Å². The van der Waals surface area contributed by atoms with Crippen LogP contribution in [0.2, 0.25) is 0 Å². The SMILES string of the molecule is CC(C)(C)c1cc(C(=O)CNC2=NCCOC2)cc(C(C)(C)C)c1O. The Balaban J connectivity index is 2.33. The molecule has 1 aromatic carbocycles. The molecule has 0 aliphatic carbocycles. The number of Topliss-reactive ketones (excluding diaryl/α,β-unsaturated/α-hetero) is 1. The van der Waals surface area contributed by atoms with Crippen LogP contribution in [0.4, 0.5) is 0 Å². The fourth-order valence-electron chi connectivity index (χ4n) is 2.79. The summed E-state index contributed by atoms with van der Waals surface area (Å²) >= 11 is 0. The predicted octanol–water partition coefficient (Wildman–Crippen LogP) is 3.19. The van der Waals surface area contributed by atoms with Gasteiger partial charge in [0.15, 0.2) is 5.78 Å². The first-order valence-corrected chi connectivity index (χ1v) is 8.76. The van der Waals surface area contributed by atoms with E-state index >= 15 is 0 Å². The lowest BCUT2D eigenvalue weighted by molar-refractivity contribution is 0.0994. The van der Waals surface area contributed by atoms with Crippen LogP contribution in [0, 0.1) is 0 Å². The van der Waals surface area contributed by atoms with Crippen molar-refractivity contribution in [2.45, 2.75) is 52.4 Å². The molecule has 0 saturated heterocycles. The maximum atomic E-state index is 12.7. The van der Waals surface area contributed by atoms with Crippen LogP contribution in [-0.2, 0) is 15.6 Å². The molecular formula is C20H30N2O3. The zero-order chi connectivity index (χ0) is 18.8. The van der Waals surface area contributed by atoms with Gasteiger partial charge in [0.05, 0.1) is 19.7 Å². The summed E-state index contributed by atoms with van der Waals surface area (Å²) in [5.74, 6) is 0.976. The standard InChI is InChI=1S/C20H30N2O3/c1-19(2,3)14-9-13(10-15(18(14)24)20(4,5)6)16(23)11-22-17-12-25-8-7-21-17/h9-10,24H,7-8,11-12H2,1-6H3,(H,21,22). The lowest BCUT2D eigenvalue weighted by Crippen LogP contribution is -2.35. The summed E-state index contributed by atoms with van der Waals surface area (Å²) in [5.41, 5.74) is 1.69. The molecule has 138 valence electrons. The van der Waals surface area contributed by atoms with E-state index in [1.165, 1.54) is 0 Å². The van der Waals surface area contributed by atoms with Crippen LogP contribution in [0.1, 0.15) is 63.0 Å². The molecule has 2 N–H and O–H groups in total. The first-order chi connectivity index (χ1) is 11.5. The van der Waals surface area contributed by atoms with Crippen LogP contribution in [0.15, 0.2) is 17.1 Å². The Morgan fingerprint density at radius 3 is 2.16 bits per heavy atom. The molecule has 0 unspecified atom stereocenters. The van der Waals surface area contributed by atoms with Crippen LogP contribution < -0.4 is 5.32 Å². The molecule has 0 spiro atoms. The second-order valence-electron chi connectivity index (χ2n) is 8.58. The molecule has 5 heteroatoms. The summed E-state index contributed by atoms with van der Waals surface area (Å²) in [4.78, 5) is 17.0. The molecular weight excluding hydrogens is 316 g/mol. The molecule has 1 aliphatic rings. The maximum absolute atomic E-state index is 12.7. The van der Waals surface area contributed by atoms with Gasteiger partial charge in [0.2, 0.25) is 0 Å². The number of carbonyl (C=O) groups is 1. The minimum Gasteiger partial charge on any atom is -0.507 e. The van der Waals surface area contributed by atoms with Crippen LogP contribution >= 0.6 is 0 Å². The molecule has 0 aromatic heterocycles. The van der Waals surface area contributed by atoms with Gasteiger partial charge in [-0.05, 0) is 23.0 Å². The second kappa shape index (κ2) is 7.16. The van der Waals surface area contributed by atoms with Gasteiger partial charge in [0.1, 0.15) is 18.2 Å². The molecule has 1 aromatic rings. The zero-order valence-corrected chi connectivity index (χ0v) is 16.2. The molecule has 0 fully saturated rings. The van der Waals surface area contributed by atoms with Crippen molar-refractivity contribution in [3.63, 3.8) is 0 Å². The van der Waals surface area contributed by atoms with E-state index in [2.05, 4.69) is 10.3 Å². The normalized spacial score (nSPS) is 15.7. The van der Waals surface area contributed by atoms with Crippen molar-refractivity contribution >= 4 is 11.6 Å². The molecule has 0 bridgehead atoms. The first-order valence-electron chi connectivity index (χ1n) is 8.76. The Morgan fingerprint density at radius 1 is 1.16 bits per heavy atom. The number of amidine groups is 1. The third-order valence-electron chi connectivity index (χ3n) is 4.28. The molecule has 2 rings (SSSR count). The van der Waals surface area contributed by atoms with Gasteiger partial charge in [-0.25, -0.2) is 0 Å². The lowest BCUT2D eigenvalue weighted by Gasteiger charge is -2.28. The maximum Gasteiger partial charge on any atom is 0.181 e. The van der Waals surface area contributed by atoms with Gasteiger partial charge in [-0.15, -0.1) is 0 Å². The molecule has 1 aliphatic heterocycles. The third kappa shape index (κ3) is 4.82. The van der Waals surface area contributed by atoms with E-state index in [0.29, 0.717) is 31.2 Å². The van der Waals surface area contributed by atoms with Crippen LogP contribution in [0.3, 0.4) is 0 Å². The Kier molecular flexibility index (Phi) is 5.57. The zero-order valence-electron chi connectivity index (χ0n) is 16.2. The van der Waals surface area contributed by atoms with E-state index < -0.39 is 0 Å². The van der Waals surface area contributed by atoms with Crippen LogP contribution in [-0.4, -0.2) is 43.0 Å². The summed E-state index contributed by atoms with van der Waals surface area (Å²) in [5, 5.41) is 13.8. The van der Waals surface area contributed by atoms with E-state index in [4.69, 9.17) is 4.74 Å². The van der Waals surface area contributed by atoms with E-state index in [1.807, 2.05) is 53.7 Å². The van der Waals surface area contributed by atoms with Crippen molar-refractivity contribution in [2.24, 2.45) is 4.99 Å². The third-order valence-corrected chi connectivity index (χ3v) is 4.28. The minimum absolute atomic E-state index is 0.0238. The number of aromatic hydroxyl groups is 1. The number of phenols is 1. The molecule has 0 radical (unpaired) electrons. The van der Waals surface area contributed by atoms with Gasteiger partial charge in [-0.3, -0.25) is 9.79 Å². The van der Waals surface area contributed by atoms with Crippen molar-refractivity contribution < 1.29 is 14.6 Å². The Labute approximate surface area is 150 Å². The molecule has 0 amide bonds. The van der Waals surface area contributed by atoms with Crippen molar-refractivity contribution in [1.82, 2.24) is 5.32 Å². The fraction of sp³-hybridized carbons (Fsp3) is 0.600. The number of nitrogens with zero attached hydrogens (tertiary/aromatic N) is 1. The van der Waals surface area contributed by atoms with Crippen LogP contribution in [0.5, 0.6) is 5.75 Å². The lowest BCUT2D eigenvalue weighted by atomic mass is 9.78. The first kappa shape index (κ1) is 19.4. The number of hydrogen-bond acceptors (Lipinski definition) is 5. The Bertz CT molecular complexity index is 644. The summed E-state index contributed by atoms with van der Waals surface area (Å²) in [6, 6.07) is 3.63. The highest BCUT2D eigenvalue weighted by atomic mass is 16.5. The van der Waals surface area contributed by atoms with Gasteiger partial charge in [0, 0.05) is 16.7 Å². The number of ether oxygens (including phenoxy) is 1. The highest BCUT2D eigenvalue weighted by Crippen LogP contribution is 2.39. The number of aliphatic imine (C=N–C) groups is 1. The number of phenolic OH excluding ortho intramolecular Hbond substituents is 1. The number of ketones is 1. The highest BCUT2D eigenvalue weighted by Gasteiger charge is 2.27. The summed E-state index contributed by atoms with van der Waals surface area (Å²) < 4.78 is 5.33. The summed E-state index contributed by atoms with van der Waals surface area (Å²) in [6.45, 7) is 14.1. The van der Waals surface area contributed by atoms with E-state index in [-0.39, 0.29) is 28.9 Å². The largest absolute Gasteiger partial charge is 0.507 e. The number of nitrogens with one attached hydrogen (secondary N) is 1. The molecule has 0 saturated carbocycles. The van der Waals surface area contributed by atoms with Gasteiger partial charge >= 0.3 is 0 Å². The topological polar surface area (TPSA) is 70.9 Å². The van der Waals surface area contributed by atoms with Gasteiger partial charge in [-0.1, -0.05) is 41.5 Å². The van der Waals surface area contributed by atoms with Gasteiger partial charge in [0.25, 0.3) is 0 Å². The highest BCUT2D eigenvalue weighted by molar-refractivity contribution is 6.00. The number of hydrogen-bond donors (Lipinski definition) is 2. The van der Waals surface area contributed by atoms with E-state index in [0.717, 1.165) is 11.1 Å². The van der Waals surface area contributed by atoms with Crippen molar-refractivity contribution in [3.8, 4) is 5.75 Å². The quantitative estimate of drug-likeness (QED) is 0.825. The molecule has 0 atom stereocenters. The molecule has 1 heterocycles. The Morgan fingerprint density at radius 2 is 1.72 bits per heavy atom. The average Bonchev–Trinajstić information content (AvgIpc) is 2.51. The van der Waals surface area contributed by atoms with Crippen LogP contribution in [0.25, 0.3) is 0 Å². The van der Waals surface area contributed by atoms with E-state index in [9.17, 15) is 9.90 Å². The van der Waals surface area contributed by atoms with Gasteiger partial charge in [-0.2, -0.15) is 0 Å². The van der Waals surface area contributed by atoms with Crippen molar-refractivity contribution in [3.05, 3.63) is 28.8 Å². The molecule has 5 nitrogen and oxygen atoms in total. The molecule has 25 heavy (non-hydrogen) atoms. The predicted molar refractivity (Wildman–Crippen MR) is 101 cm³/mol. The van der Waals surface area contributed by atoms with E-state index in [1.54, 1.807) is 0 Å².